The minimum absolute atomic E-state index is 0.179. The van der Waals surface area contributed by atoms with E-state index in [4.69, 9.17) is 14.7 Å². The third kappa shape index (κ3) is 4.94. The van der Waals surface area contributed by atoms with Crippen LogP contribution in [0.4, 0.5) is 0 Å². The summed E-state index contributed by atoms with van der Waals surface area (Å²) in [5, 5.41) is 11.6. The molecule has 6 heteroatoms. The average molecular weight is 302 g/mol. The third-order valence-corrected chi connectivity index (χ3v) is 2.77. The molecule has 0 fully saturated rings. The number of hydrogen-bond acceptors (Lipinski definition) is 5. The van der Waals surface area contributed by atoms with E-state index in [9.17, 15) is 9.59 Å². The summed E-state index contributed by atoms with van der Waals surface area (Å²) in [6, 6.07) is 8.61. The largest absolute Gasteiger partial charge is 0.497 e. The molecule has 1 rings (SSSR count). The van der Waals surface area contributed by atoms with E-state index in [1.807, 2.05) is 0 Å². The molecule has 0 aromatic heterocycles. The van der Waals surface area contributed by atoms with Crippen LogP contribution in [0.2, 0.25) is 0 Å². The summed E-state index contributed by atoms with van der Waals surface area (Å²) in [4.78, 5) is 23.4. The van der Waals surface area contributed by atoms with Crippen LogP contribution < -0.4 is 10.1 Å². The zero-order valence-corrected chi connectivity index (χ0v) is 12.8. The maximum atomic E-state index is 11.9. The fraction of sp³-hybridized carbons (Fsp3) is 0.312. The van der Waals surface area contributed by atoms with E-state index in [1.54, 1.807) is 44.4 Å². The highest BCUT2D eigenvalue weighted by Crippen LogP contribution is 2.14. The van der Waals surface area contributed by atoms with Gasteiger partial charge in [0.15, 0.2) is 6.10 Å². The standard InChI is InChI=1S/C16H18N2O4/c1-4-18-15(19)11(2)22-16(20)13(10-17)9-12-5-7-14(21-3)8-6-12/h5-9,11H,4H2,1-3H3,(H,18,19)/b13-9+/t11-/m1/s1. The van der Waals surface area contributed by atoms with Gasteiger partial charge in [-0.2, -0.15) is 5.26 Å². The van der Waals surface area contributed by atoms with E-state index >= 15 is 0 Å². The lowest BCUT2D eigenvalue weighted by molar-refractivity contribution is -0.150. The lowest BCUT2D eigenvalue weighted by Crippen LogP contribution is -2.35. The van der Waals surface area contributed by atoms with Crippen molar-refractivity contribution >= 4 is 18.0 Å². The monoisotopic (exact) mass is 302 g/mol. The topological polar surface area (TPSA) is 88.4 Å². The molecule has 0 radical (unpaired) electrons. The predicted octanol–water partition coefficient (Wildman–Crippen LogP) is 1.67. The molecule has 0 spiro atoms. The van der Waals surface area contributed by atoms with Gasteiger partial charge >= 0.3 is 5.97 Å². The Morgan fingerprint density at radius 1 is 1.36 bits per heavy atom. The molecule has 0 aliphatic heterocycles. The summed E-state index contributed by atoms with van der Waals surface area (Å²) in [6.45, 7) is 3.65. The van der Waals surface area contributed by atoms with Crippen LogP contribution in [0.25, 0.3) is 6.08 Å². The smallest absolute Gasteiger partial charge is 0.349 e. The second-order valence-corrected chi connectivity index (χ2v) is 4.39. The molecule has 0 aliphatic rings. The summed E-state index contributed by atoms with van der Waals surface area (Å²) in [5.74, 6) is -0.572. The van der Waals surface area contributed by atoms with Crippen LogP contribution in [-0.4, -0.2) is 31.6 Å². The number of nitriles is 1. The maximum Gasteiger partial charge on any atom is 0.349 e. The molecule has 0 bridgehead atoms. The van der Waals surface area contributed by atoms with Crippen molar-refractivity contribution in [2.24, 2.45) is 0 Å². The Kier molecular flexibility index (Phi) is 6.64. The number of nitrogens with one attached hydrogen (secondary N) is 1. The highest BCUT2D eigenvalue weighted by Gasteiger charge is 2.19. The van der Waals surface area contributed by atoms with Crippen LogP contribution in [0, 0.1) is 11.3 Å². The summed E-state index contributed by atoms with van der Waals surface area (Å²) in [5.41, 5.74) is 0.473. The molecular weight excluding hydrogens is 284 g/mol. The van der Waals surface area contributed by atoms with Gasteiger partial charge in [0.2, 0.25) is 0 Å². The second kappa shape index (κ2) is 8.47. The maximum absolute atomic E-state index is 11.9. The molecule has 1 aromatic carbocycles. The van der Waals surface area contributed by atoms with Gasteiger partial charge in [0.05, 0.1) is 7.11 Å². The van der Waals surface area contributed by atoms with Crippen molar-refractivity contribution in [1.29, 1.82) is 5.26 Å². The molecule has 0 heterocycles. The number of amides is 1. The zero-order valence-electron chi connectivity index (χ0n) is 12.8. The summed E-state index contributed by atoms with van der Waals surface area (Å²) in [6.07, 6.45) is 0.437. The van der Waals surface area contributed by atoms with Crippen molar-refractivity contribution in [2.75, 3.05) is 13.7 Å². The van der Waals surface area contributed by atoms with Gasteiger partial charge in [-0.3, -0.25) is 4.79 Å². The van der Waals surface area contributed by atoms with E-state index in [1.165, 1.54) is 13.0 Å². The normalized spacial score (nSPS) is 12.0. The first kappa shape index (κ1) is 17.2. The van der Waals surface area contributed by atoms with Crippen molar-refractivity contribution in [1.82, 2.24) is 5.32 Å². The van der Waals surface area contributed by atoms with Gasteiger partial charge < -0.3 is 14.8 Å². The summed E-state index contributed by atoms with van der Waals surface area (Å²) in [7, 11) is 1.55. The minimum atomic E-state index is -0.958. The van der Waals surface area contributed by atoms with Gasteiger partial charge in [0.25, 0.3) is 5.91 Å². The molecule has 0 unspecified atom stereocenters. The van der Waals surface area contributed by atoms with Crippen LogP contribution in [0.5, 0.6) is 5.75 Å². The van der Waals surface area contributed by atoms with Crippen molar-refractivity contribution in [3.63, 3.8) is 0 Å². The number of esters is 1. The Hall–Kier alpha value is -2.81. The average Bonchev–Trinajstić information content (AvgIpc) is 2.53. The van der Waals surface area contributed by atoms with Gasteiger partial charge in [0.1, 0.15) is 17.4 Å². The van der Waals surface area contributed by atoms with Crippen molar-refractivity contribution in [3.05, 3.63) is 35.4 Å². The van der Waals surface area contributed by atoms with Crippen LogP contribution in [0.3, 0.4) is 0 Å². The SMILES string of the molecule is CCNC(=O)[C@@H](C)OC(=O)/C(C#N)=C/c1ccc(OC)cc1. The molecule has 22 heavy (non-hydrogen) atoms. The van der Waals surface area contributed by atoms with Crippen molar-refractivity contribution in [3.8, 4) is 11.8 Å². The zero-order chi connectivity index (χ0) is 16.5. The predicted molar refractivity (Wildman–Crippen MR) is 80.8 cm³/mol. The van der Waals surface area contributed by atoms with Gasteiger partial charge in [-0.05, 0) is 37.6 Å². The van der Waals surface area contributed by atoms with Crippen LogP contribution in [0.1, 0.15) is 19.4 Å². The van der Waals surface area contributed by atoms with Crippen LogP contribution >= 0.6 is 0 Å². The Bertz CT molecular complexity index is 600. The van der Waals surface area contributed by atoms with Gasteiger partial charge in [-0.15, -0.1) is 0 Å². The fourth-order valence-corrected chi connectivity index (χ4v) is 1.60. The molecule has 1 N–H and O–H groups in total. The van der Waals surface area contributed by atoms with E-state index in [2.05, 4.69) is 5.32 Å². The molecular formula is C16H18N2O4. The number of rotatable bonds is 6. The lowest BCUT2D eigenvalue weighted by atomic mass is 10.1. The number of hydrogen-bond donors (Lipinski definition) is 1. The first-order valence-corrected chi connectivity index (χ1v) is 6.76. The number of likely N-dealkylation sites (N-methyl/N-ethyl adjacent to an activating group) is 1. The molecule has 1 atom stereocenters. The number of carbonyl (C=O) groups is 2. The summed E-state index contributed by atoms with van der Waals surface area (Å²) < 4.78 is 10.00. The first-order valence-electron chi connectivity index (χ1n) is 6.76. The first-order chi connectivity index (χ1) is 10.5. The number of nitrogens with zero attached hydrogens (tertiary/aromatic N) is 1. The van der Waals surface area contributed by atoms with Gasteiger partial charge in [-0.25, -0.2) is 4.79 Å². The molecule has 1 aromatic rings. The second-order valence-electron chi connectivity index (χ2n) is 4.39. The van der Waals surface area contributed by atoms with Crippen LogP contribution in [0.15, 0.2) is 29.8 Å². The highest BCUT2D eigenvalue weighted by molar-refractivity contribution is 5.99. The Morgan fingerprint density at radius 2 is 2.00 bits per heavy atom. The Balaban J connectivity index is 2.81. The van der Waals surface area contributed by atoms with E-state index in [0.29, 0.717) is 17.9 Å². The lowest BCUT2D eigenvalue weighted by Gasteiger charge is -2.12. The summed E-state index contributed by atoms with van der Waals surface area (Å²) >= 11 is 0. The molecule has 0 aliphatic carbocycles. The number of benzene rings is 1. The van der Waals surface area contributed by atoms with Crippen molar-refractivity contribution < 1.29 is 19.1 Å². The van der Waals surface area contributed by atoms with E-state index < -0.39 is 18.0 Å². The Morgan fingerprint density at radius 3 is 2.50 bits per heavy atom. The van der Waals surface area contributed by atoms with Gasteiger partial charge in [0, 0.05) is 6.54 Å². The number of carbonyl (C=O) groups excluding carboxylic acids is 2. The molecule has 6 nitrogen and oxygen atoms in total. The minimum Gasteiger partial charge on any atom is -0.497 e. The van der Waals surface area contributed by atoms with Crippen LogP contribution in [-0.2, 0) is 14.3 Å². The third-order valence-electron chi connectivity index (χ3n) is 2.77. The van der Waals surface area contributed by atoms with E-state index in [0.717, 1.165) is 0 Å². The van der Waals surface area contributed by atoms with E-state index in [-0.39, 0.29) is 5.57 Å². The number of methoxy groups -OCH3 is 1. The Labute approximate surface area is 129 Å². The molecule has 0 saturated heterocycles. The molecule has 1 amide bonds. The number of ether oxygens (including phenoxy) is 2. The molecule has 116 valence electrons. The molecule has 0 saturated carbocycles. The fourth-order valence-electron chi connectivity index (χ4n) is 1.60. The quantitative estimate of drug-likeness (QED) is 0.490. The van der Waals surface area contributed by atoms with Crippen molar-refractivity contribution in [2.45, 2.75) is 20.0 Å². The van der Waals surface area contributed by atoms with Gasteiger partial charge in [-0.1, -0.05) is 12.1 Å². The highest BCUT2D eigenvalue weighted by atomic mass is 16.5.